The fraction of sp³-hybridized carbons (Fsp3) is 0.105. The Morgan fingerprint density at radius 2 is 1.70 bits per heavy atom. The summed E-state index contributed by atoms with van der Waals surface area (Å²) >= 11 is 0. The van der Waals surface area contributed by atoms with Crippen LogP contribution in [0.5, 0.6) is 0 Å². The monoisotopic (exact) mass is 311 g/mol. The Hall–Kier alpha value is -2.88. The summed E-state index contributed by atoms with van der Waals surface area (Å²) in [6.07, 6.45) is 0. The maximum Gasteiger partial charge on any atom is 0.340 e. The van der Waals surface area contributed by atoms with E-state index in [1.807, 2.05) is 30.3 Å². The van der Waals surface area contributed by atoms with Crippen LogP contribution in [-0.2, 0) is 9.53 Å². The molecule has 0 bridgehead atoms. The molecule has 0 aliphatic carbocycles. The number of carbonyl (C=O) groups is 1. The quantitative estimate of drug-likeness (QED) is 0.519. The van der Waals surface area contributed by atoms with Gasteiger partial charge in [0.25, 0.3) is 0 Å². The van der Waals surface area contributed by atoms with Crippen molar-refractivity contribution in [2.45, 2.75) is 6.92 Å². The van der Waals surface area contributed by atoms with Crippen LogP contribution in [0.4, 0.5) is 4.39 Å². The Balaban J connectivity index is 2.53. The highest BCUT2D eigenvalue weighted by molar-refractivity contribution is 6.12. The fourth-order valence-corrected chi connectivity index (χ4v) is 2.16. The maximum absolute atomic E-state index is 13.1. The highest BCUT2D eigenvalue weighted by Gasteiger charge is 2.20. The first-order valence-corrected chi connectivity index (χ1v) is 7.22. The van der Waals surface area contributed by atoms with E-state index in [-0.39, 0.29) is 23.7 Å². The smallest absolute Gasteiger partial charge is 0.340 e. The number of halogens is 1. The standard InChI is InChI=1S/C19H18FNO2/c1-3-23-19(22)17(13(2)14-7-5-4-6-8-14)18(21)15-9-11-16(20)12-10-15/h4-12H,2-3,21H2,1H3/b18-17+. The van der Waals surface area contributed by atoms with Crippen molar-refractivity contribution >= 4 is 17.2 Å². The zero-order chi connectivity index (χ0) is 16.8. The Labute approximate surface area is 134 Å². The van der Waals surface area contributed by atoms with Crippen molar-refractivity contribution in [3.63, 3.8) is 0 Å². The number of carbonyl (C=O) groups excluding carboxylic acids is 1. The molecule has 118 valence electrons. The molecule has 2 rings (SSSR count). The van der Waals surface area contributed by atoms with Gasteiger partial charge in [0.1, 0.15) is 5.82 Å². The largest absolute Gasteiger partial charge is 0.462 e. The van der Waals surface area contributed by atoms with E-state index in [1.165, 1.54) is 24.3 Å². The topological polar surface area (TPSA) is 52.3 Å². The summed E-state index contributed by atoms with van der Waals surface area (Å²) < 4.78 is 18.2. The lowest BCUT2D eigenvalue weighted by Gasteiger charge is -2.14. The second-order valence-corrected chi connectivity index (χ2v) is 4.86. The predicted molar refractivity (Wildman–Crippen MR) is 89.6 cm³/mol. The lowest BCUT2D eigenvalue weighted by Crippen LogP contribution is -2.15. The summed E-state index contributed by atoms with van der Waals surface area (Å²) in [7, 11) is 0. The summed E-state index contributed by atoms with van der Waals surface area (Å²) in [4.78, 5) is 12.3. The summed E-state index contributed by atoms with van der Waals surface area (Å²) in [5.41, 5.74) is 8.31. The molecule has 4 heteroatoms. The molecule has 2 N–H and O–H groups in total. The van der Waals surface area contributed by atoms with Crippen molar-refractivity contribution in [1.29, 1.82) is 0 Å². The number of ether oxygens (including phenoxy) is 1. The molecule has 0 aliphatic heterocycles. The molecule has 0 heterocycles. The number of esters is 1. The van der Waals surface area contributed by atoms with Crippen LogP contribution in [0, 0.1) is 5.82 Å². The minimum Gasteiger partial charge on any atom is -0.462 e. The van der Waals surface area contributed by atoms with Crippen LogP contribution in [0.3, 0.4) is 0 Å². The molecular weight excluding hydrogens is 293 g/mol. The lowest BCUT2D eigenvalue weighted by atomic mass is 9.95. The van der Waals surface area contributed by atoms with E-state index in [4.69, 9.17) is 10.5 Å². The van der Waals surface area contributed by atoms with Crippen molar-refractivity contribution < 1.29 is 13.9 Å². The number of hydrogen-bond acceptors (Lipinski definition) is 3. The molecule has 0 amide bonds. The summed E-state index contributed by atoms with van der Waals surface area (Å²) in [6.45, 7) is 5.92. The van der Waals surface area contributed by atoms with Crippen LogP contribution in [0.15, 0.2) is 66.7 Å². The zero-order valence-corrected chi connectivity index (χ0v) is 12.9. The van der Waals surface area contributed by atoms with Crippen LogP contribution < -0.4 is 5.73 Å². The molecule has 2 aromatic rings. The van der Waals surface area contributed by atoms with Gasteiger partial charge in [0, 0.05) is 0 Å². The summed E-state index contributed by atoms with van der Waals surface area (Å²) in [5, 5.41) is 0. The lowest BCUT2D eigenvalue weighted by molar-refractivity contribution is -0.137. The number of benzene rings is 2. The number of hydrogen-bond donors (Lipinski definition) is 1. The molecule has 3 nitrogen and oxygen atoms in total. The molecule has 0 spiro atoms. The van der Waals surface area contributed by atoms with E-state index in [9.17, 15) is 9.18 Å². The Kier molecular flexibility index (Phi) is 5.31. The van der Waals surface area contributed by atoms with E-state index < -0.39 is 5.97 Å². The third kappa shape index (κ3) is 3.86. The molecular formula is C19H18FNO2. The van der Waals surface area contributed by atoms with E-state index in [2.05, 4.69) is 6.58 Å². The van der Waals surface area contributed by atoms with E-state index >= 15 is 0 Å². The first kappa shape index (κ1) is 16.5. The van der Waals surface area contributed by atoms with Gasteiger partial charge in [-0.2, -0.15) is 0 Å². The molecule has 0 atom stereocenters. The van der Waals surface area contributed by atoms with Gasteiger partial charge in [-0.3, -0.25) is 0 Å². The Morgan fingerprint density at radius 3 is 2.26 bits per heavy atom. The highest BCUT2D eigenvalue weighted by atomic mass is 19.1. The highest BCUT2D eigenvalue weighted by Crippen LogP contribution is 2.27. The summed E-state index contributed by atoms with van der Waals surface area (Å²) in [6, 6.07) is 14.8. The molecule has 0 saturated carbocycles. The van der Waals surface area contributed by atoms with Gasteiger partial charge >= 0.3 is 5.97 Å². The minimum atomic E-state index is -0.553. The van der Waals surface area contributed by atoms with Gasteiger partial charge in [-0.15, -0.1) is 0 Å². The molecule has 0 unspecified atom stereocenters. The molecule has 0 aliphatic rings. The maximum atomic E-state index is 13.1. The molecule has 23 heavy (non-hydrogen) atoms. The van der Waals surface area contributed by atoms with Gasteiger partial charge in [0.05, 0.1) is 17.9 Å². The van der Waals surface area contributed by atoms with Crippen LogP contribution in [0.1, 0.15) is 18.1 Å². The van der Waals surface area contributed by atoms with Crippen LogP contribution in [-0.4, -0.2) is 12.6 Å². The Morgan fingerprint density at radius 1 is 1.09 bits per heavy atom. The van der Waals surface area contributed by atoms with Crippen LogP contribution in [0.25, 0.3) is 11.3 Å². The first-order valence-electron chi connectivity index (χ1n) is 7.22. The van der Waals surface area contributed by atoms with Gasteiger partial charge in [-0.1, -0.05) is 36.9 Å². The SMILES string of the molecule is C=C(/C(C(=O)OCC)=C(\N)c1ccc(F)cc1)c1ccccc1. The normalized spacial score (nSPS) is 11.6. The minimum absolute atomic E-state index is 0.185. The molecule has 0 saturated heterocycles. The molecule has 2 aromatic carbocycles. The second-order valence-electron chi connectivity index (χ2n) is 4.86. The van der Waals surface area contributed by atoms with Gasteiger partial charge in [-0.25, -0.2) is 9.18 Å². The van der Waals surface area contributed by atoms with Crippen molar-refractivity contribution in [3.05, 3.63) is 83.7 Å². The fourth-order valence-electron chi connectivity index (χ4n) is 2.16. The van der Waals surface area contributed by atoms with Crippen molar-refractivity contribution in [3.8, 4) is 0 Å². The van der Waals surface area contributed by atoms with Gasteiger partial charge in [-0.05, 0) is 47.9 Å². The van der Waals surface area contributed by atoms with Crippen molar-refractivity contribution in [2.24, 2.45) is 5.73 Å². The number of nitrogens with two attached hydrogens (primary N) is 1. The third-order valence-corrected chi connectivity index (χ3v) is 3.33. The van der Waals surface area contributed by atoms with Crippen LogP contribution in [0.2, 0.25) is 0 Å². The van der Waals surface area contributed by atoms with E-state index in [0.29, 0.717) is 11.1 Å². The third-order valence-electron chi connectivity index (χ3n) is 3.33. The molecule has 0 aromatic heterocycles. The molecule has 0 fully saturated rings. The van der Waals surface area contributed by atoms with Gasteiger partial charge in [0.2, 0.25) is 0 Å². The molecule has 0 radical (unpaired) electrons. The number of rotatable bonds is 5. The first-order chi connectivity index (χ1) is 11.0. The average Bonchev–Trinajstić information content (AvgIpc) is 2.56. The predicted octanol–water partition coefficient (Wildman–Crippen LogP) is 3.77. The second kappa shape index (κ2) is 7.40. The zero-order valence-electron chi connectivity index (χ0n) is 12.9. The van der Waals surface area contributed by atoms with Crippen molar-refractivity contribution in [1.82, 2.24) is 0 Å². The summed E-state index contributed by atoms with van der Waals surface area (Å²) in [5.74, 6) is -0.927. The van der Waals surface area contributed by atoms with E-state index in [0.717, 1.165) is 5.56 Å². The van der Waals surface area contributed by atoms with Crippen LogP contribution >= 0.6 is 0 Å². The average molecular weight is 311 g/mol. The van der Waals surface area contributed by atoms with Gasteiger partial charge in [0.15, 0.2) is 0 Å². The van der Waals surface area contributed by atoms with Crippen molar-refractivity contribution in [2.75, 3.05) is 6.61 Å². The Bertz CT molecular complexity index is 734. The van der Waals surface area contributed by atoms with E-state index in [1.54, 1.807) is 6.92 Å². The van der Waals surface area contributed by atoms with Gasteiger partial charge < -0.3 is 10.5 Å².